The van der Waals surface area contributed by atoms with Crippen molar-refractivity contribution in [3.63, 3.8) is 0 Å². The second-order valence-corrected chi connectivity index (χ2v) is 10.3. The van der Waals surface area contributed by atoms with Gasteiger partial charge in [-0.25, -0.2) is 0 Å². The van der Waals surface area contributed by atoms with Crippen molar-refractivity contribution in [2.45, 2.75) is 42.2 Å². The van der Waals surface area contributed by atoms with E-state index in [2.05, 4.69) is 50.5 Å². The Hall–Kier alpha value is -1.90. The zero-order valence-electron chi connectivity index (χ0n) is 15.6. The molecule has 0 spiro atoms. The van der Waals surface area contributed by atoms with Gasteiger partial charge in [-0.1, -0.05) is 35.2 Å². The predicted octanol–water partition coefficient (Wildman–Crippen LogP) is 4.86. The Kier molecular flexibility index (Phi) is 6.29. The molecule has 1 aromatic carbocycles. The van der Waals surface area contributed by atoms with Crippen molar-refractivity contribution < 1.29 is 4.79 Å². The number of anilines is 2. The number of amides is 1. The second kappa shape index (κ2) is 9.07. The summed E-state index contributed by atoms with van der Waals surface area (Å²) in [6.45, 7) is 2.73. The number of rotatable bonds is 8. The van der Waals surface area contributed by atoms with Crippen LogP contribution in [0.3, 0.4) is 0 Å². The van der Waals surface area contributed by atoms with Gasteiger partial charge in [-0.05, 0) is 67.3 Å². The first kappa shape index (κ1) is 19.4. The Bertz CT molecular complexity index is 939. The van der Waals surface area contributed by atoms with E-state index in [9.17, 15) is 4.79 Å². The fourth-order valence-electron chi connectivity index (χ4n) is 3.17. The molecule has 0 bridgehead atoms. The molecule has 2 aromatic heterocycles. The third-order valence-electron chi connectivity index (χ3n) is 4.65. The first-order valence-corrected chi connectivity index (χ1v) is 11.9. The summed E-state index contributed by atoms with van der Waals surface area (Å²) < 4.78 is 0.801. The Labute approximate surface area is 177 Å². The summed E-state index contributed by atoms with van der Waals surface area (Å²) in [5.41, 5.74) is 3.65. The molecule has 1 unspecified atom stereocenters. The van der Waals surface area contributed by atoms with Crippen LogP contribution in [0.5, 0.6) is 0 Å². The monoisotopic (exact) mass is 430 g/mol. The van der Waals surface area contributed by atoms with E-state index in [1.165, 1.54) is 45.5 Å². The number of hydrogen-bond acceptors (Lipinski definition) is 7. The number of fused-ring (bicyclic) bond motifs is 1. The lowest BCUT2D eigenvalue weighted by Crippen LogP contribution is -2.22. The maximum absolute atomic E-state index is 12.5. The highest BCUT2D eigenvalue weighted by Gasteiger charge is 2.18. The average molecular weight is 431 g/mol. The first-order chi connectivity index (χ1) is 13.7. The molecule has 146 valence electrons. The summed E-state index contributed by atoms with van der Waals surface area (Å²) >= 11 is 4.70. The van der Waals surface area contributed by atoms with E-state index in [4.69, 9.17) is 0 Å². The number of benzene rings is 1. The summed E-state index contributed by atoms with van der Waals surface area (Å²) in [6, 6.07) is 10.4. The normalized spacial score (nSPS) is 13.9. The smallest absolute Gasteiger partial charge is 0.237 e. The standard InChI is InChI=1S/C20H22N4OS3/c1-13(18(25)22-16-8-7-14-4-2-5-15(14)12-16)27-20-24-23-19(28-20)21-10-9-17-6-3-11-26-17/h3,6-8,11-13H,2,4-5,9-10H2,1H3,(H,21,23)(H,22,25). The van der Waals surface area contributed by atoms with Crippen LogP contribution in [-0.2, 0) is 24.1 Å². The fraction of sp³-hybridized carbons (Fsp3) is 0.350. The van der Waals surface area contributed by atoms with Gasteiger partial charge in [-0.3, -0.25) is 4.79 Å². The minimum absolute atomic E-state index is 0.00893. The molecule has 2 N–H and O–H groups in total. The number of thiophene rings is 1. The van der Waals surface area contributed by atoms with E-state index in [0.29, 0.717) is 0 Å². The number of aromatic nitrogens is 2. The maximum atomic E-state index is 12.5. The van der Waals surface area contributed by atoms with Gasteiger partial charge in [0.2, 0.25) is 11.0 Å². The van der Waals surface area contributed by atoms with Gasteiger partial charge in [0.1, 0.15) is 0 Å². The molecule has 0 radical (unpaired) electrons. The zero-order valence-corrected chi connectivity index (χ0v) is 18.1. The highest BCUT2D eigenvalue weighted by Crippen LogP contribution is 2.30. The molecule has 0 saturated carbocycles. The van der Waals surface area contributed by atoms with Crippen molar-refractivity contribution in [2.75, 3.05) is 17.2 Å². The number of aryl methyl sites for hydroxylation is 2. The predicted molar refractivity (Wildman–Crippen MR) is 119 cm³/mol. The van der Waals surface area contributed by atoms with Crippen molar-refractivity contribution in [1.82, 2.24) is 10.2 Å². The third kappa shape index (κ3) is 4.92. The van der Waals surface area contributed by atoms with E-state index in [1.807, 2.05) is 13.0 Å². The van der Waals surface area contributed by atoms with Crippen molar-refractivity contribution in [1.29, 1.82) is 0 Å². The Morgan fingerprint density at radius 2 is 2.14 bits per heavy atom. The molecular formula is C20H22N4OS3. The fourth-order valence-corrected chi connectivity index (χ4v) is 5.81. The molecule has 0 aliphatic heterocycles. The van der Waals surface area contributed by atoms with Crippen LogP contribution in [0.25, 0.3) is 0 Å². The van der Waals surface area contributed by atoms with Crippen molar-refractivity contribution in [2.24, 2.45) is 0 Å². The van der Waals surface area contributed by atoms with Crippen LogP contribution in [0.15, 0.2) is 40.1 Å². The molecule has 3 aromatic rings. The van der Waals surface area contributed by atoms with Crippen LogP contribution in [0.2, 0.25) is 0 Å². The number of nitrogens with one attached hydrogen (secondary N) is 2. The lowest BCUT2D eigenvalue weighted by molar-refractivity contribution is -0.115. The van der Waals surface area contributed by atoms with Gasteiger partial charge in [-0.15, -0.1) is 21.5 Å². The lowest BCUT2D eigenvalue weighted by Gasteiger charge is -2.11. The van der Waals surface area contributed by atoms with Gasteiger partial charge in [0.25, 0.3) is 0 Å². The molecule has 1 aliphatic carbocycles. The first-order valence-electron chi connectivity index (χ1n) is 9.36. The molecular weight excluding hydrogens is 408 g/mol. The molecule has 0 fully saturated rings. The van der Waals surface area contributed by atoms with Crippen molar-refractivity contribution >= 4 is 51.2 Å². The van der Waals surface area contributed by atoms with Crippen LogP contribution in [-0.4, -0.2) is 27.9 Å². The van der Waals surface area contributed by atoms with Crippen LogP contribution in [0.4, 0.5) is 10.8 Å². The molecule has 8 heteroatoms. The molecule has 4 rings (SSSR count). The molecule has 5 nitrogen and oxygen atoms in total. The number of thioether (sulfide) groups is 1. The Morgan fingerprint density at radius 1 is 1.25 bits per heavy atom. The minimum Gasteiger partial charge on any atom is -0.360 e. The number of carbonyl (C=O) groups excluding carboxylic acids is 1. The lowest BCUT2D eigenvalue weighted by atomic mass is 10.1. The summed E-state index contributed by atoms with van der Waals surface area (Å²) in [6.07, 6.45) is 4.44. The number of hydrogen-bond donors (Lipinski definition) is 2. The third-order valence-corrected chi connectivity index (χ3v) is 7.65. The van der Waals surface area contributed by atoms with Crippen LogP contribution < -0.4 is 10.6 Å². The van der Waals surface area contributed by atoms with E-state index < -0.39 is 0 Å². The van der Waals surface area contributed by atoms with E-state index in [0.717, 1.165) is 41.0 Å². The molecule has 28 heavy (non-hydrogen) atoms. The highest BCUT2D eigenvalue weighted by molar-refractivity contribution is 8.02. The second-order valence-electron chi connectivity index (χ2n) is 6.72. The quantitative estimate of drug-likeness (QED) is 0.500. The average Bonchev–Trinajstić information content (AvgIpc) is 3.43. The molecule has 2 heterocycles. The summed E-state index contributed by atoms with van der Waals surface area (Å²) in [4.78, 5) is 13.9. The largest absolute Gasteiger partial charge is 0.360 e. The van der Waals surface area contributed by atoms with E-state index in [-0.39, 0.29) is 11.2 Å². The zero-order chi connectivity index (χ0) is 19.3. The maximum Gasteiger partial charge on any atom is 0.237 e. The highest BCUT2D eigenvalue weighted by atomic mass is 32.2. The summed E-state index contributed by atoms with van der Waals surface area (Å²) in [5.74, 6) is -0.00893. The van der Waals surface area contributed by atoms with Crippen molar-refractivity contribution in [3.05, 3.63) is 51.7 Å². The topological polar surface area (TPSA) is 66.9 Å². The van der Waals surface area contributed by atoms with Crippen LogP contribution in [0.1, 0.15) is 29.3 Å². The van der Waals surface area contributed by atoms with Crippen molar-refractivity contribution in [3.8, 4) is 0 Å². The van der Waals surface area contributed by atoms with E-state index in [1.54, 1.807) is 11.3 Å². The molecule has 1 amide bonds. The molecule has 0 saturated heterocycles. The van der Waals surface area contributed by atoms with Crippen LogP contribution >= 0.6 is 34.4 Å². The van der Waals surface area contributed by atoms with Gasteiger partial charge in [0, 0.05) is 17.1 Å². The molecule has 1 aliphatic rings. The van der Waals surface area contributed by atoms with Crippen LogP contribution in [0, 0.1) is 0 Å². The van der Waals surface area contributed by atoms with E-state index >= 15 is 0 Å². The summed E-state index contributed by atoms with van der Waals surface area (Å²) in [7, 11) is 0. The van der Waals surface area contributed by atoms with Gasteiger partial charge < -0.3 is 10.6 Å². The SMILES string of the molecule is CC(Sc1nnc(NCCc2cccs2)s1)C(=O)Nc1ccc2c(c1)CCC2. The Balaban J connectivity index is 1.26. The number of carbonyl (C=O) groups is 1. The minimum atomic E-state index is -0.236. The van der Waals surface area contributed by atoms with Gasteiger partial charge in [0.05, 0.1) is 5.25 Å². The molecule has 1 atom stereocenters. The number of nitrogens with zero attached hydrogens (tertiary/aromatic N) is 2. The Morgan fingerprint density at radius 3 is 3.00 bits per heavy atom. The van der Waals surface area contributed by atoms with Gasteiger partial charge in [-0.2, -0.15) is 0 Å². The summed E-state index contributed by atoms with van der Waals surface area (Å²) in [5, 5.41) is 17.4. The van der Waals surface area contributed by atoms with Gasteiger partial charge >= 0.3 is 0 Å². The van der Waals surface area contributed by atoms with Gasteiger partial charge in [0.15, 0.2) is 4.34 Å².